The number of carbonyl (C=O) groups is 1. The number of ether oxygens (including phenoxy) is 4. The predicted octanol–water partition coefficient (Wildman–Crippen LogP) is -3.78. The van der Waals surface area contributed by atoms with Crippen LogP contribution in [0.25, 0.3) is 6.08 Å². The van der Waals surface area contributed by atoms with Crippen molar-refractivity contribution in [1.82, 2.24) is 0 Å². The van der Waals surface area contributed by atoms with Crippen molar-refractivity contribution in [3.05, 3.63) is 29.8 Å². The average Bonchev–Trinajstić information content (AvgIpc) is 2.88. The zero-order valence-electron chi connectivity index (χ0n) is 19.3. The Morgan fingerprint density at radius 1 is 1.06 bits per heavy atom. The number of aliphatic hydroxyl groups is 8. The number of benzene rings is 1. The highest BCUT2D eigenvalue weighted by Crippen LogP contribution is 2.27. The van der Waals surface area contributed by atoms with Crippen molar-refractivity contribution < 1.29 is 69.7 Å². The van der Waals surface area contributed by atoms with Gasteiger partial charge in [0.2, 0.25) is 0 Å². The zero-order chi connectivity index (χ0) is 27.0. The third-order valence-electron chi connectivity index (χ3n) is 5.43. The summed E-state index contributed by atoms with van der Waals surface area (Å²) in [5, 5.41) is 87.5. The van der Waals surface area contributed by atoms with Crippen LogP contribution in [0.4, 0.5) is 0 Å². The number of methoxy groups -OCH3 is 1. The minimum atomic E-state index is -1.93. The second kappa shape index (κ2) is 13.8. The zero-order valence-corrected chi connectivity index (χ0v) is 19.3. The Hall–Kier alpha value is -2.37. The molecule has 14 heteroatoms. The lowest BCUT2D eigenvalue weighted by Crippen LogP contribution is -2.60. The number of aromatic hydroxyl groups is 1. The third kappa shape index (κ3) is 7.81. The highest BCUT2D eigenvalue weighted by atomic mass is 16.7. The van der Waals surface area contributed by atoms with E-state index < -0.39 is 80.9 Å². The van der Waals surface area contributed by atoms with Crippen molar-refractivity contribution in [2.75, 3.05) is 26.9 Å². The van der Waals surface area contributed by atoms with E-state index in [1.807, 2.05) is 0 Å². The summed E-state index contributed by atoms with van der Waals surface area (Å²) >= 11 is 0. The van der Waals surface area contributed by atoms with Gasteiger partial charge in [0.1, 0.15) is 55.4 Å². The van der Waals surface area contributed by atoms with Gasteiger partial charge in [0.15, 0.2) is 17.8 Å². The minimum absolute atomic E-state index is 0.0841. The van der Waals surface area contributed by atoms with Crippen LogP contribution in [0.3, 0.4) is 0 Å². The van der Waals surface area contributed by atoms with Crippen LogP contribution in [0, 0.1) is 0 Å². The van der Waals surface area contributed by atoms with Crippen molar-refractivity contribution in [1.29, 1.82) is 0 Å². The Bertz CT molecular complexity index is 863. The Morgan fingerprint density at radius 3 is 2.36 bits per heavy atom. The van der Waals surface area contributed by atoms with Crippen LogP contribution in [0.1, 0.15) is 5.56 Å². The molecule has 1 saturated heterocycles. The molecule has 0 aromatic heterocycles. The van der Waals surface area contributed by atoms with Crippen LogP contribution in [-0.4, -0.2) is 134 Å². The fourth-order valence-electron chi connectivity index (χ4n) is 3.22. The summed E-state index contributed by atoms with van der Waals surface area (Å²) in [6, 6.07) is 4.36. The summed E-state index contributed by atoms with van der Waals surface area (Å²) in [4.78, 5) is 12.1. The number of carbonyl (C=O) groups excluding carboxylic acids is 1. The first-order valence-corrected chi connectivity index (χ1v) is 10.9. The van der Waals surface area contributed by atoms with E-state index in [4.69, 9.17) is 24.1 Å². The van der Waals surface area contributed by atoms with Crippen LogP contribution < -0.4 is 4.74 Å². The largest absolute Gasteiger partial charge is 0.504 e. The molecule has 1 fully saturated rings. The molecule has 1 aliphatic rings. The molecular formula is C22H32O14. The highest BCUT2D eigenvalue weighted by molar-refractivity contribution is 5.87. The van der Waals surface area contributed by atoms with Crippen molar-refractivity contribution in [2.45, 2.75) is 55.1 Å². The maximum Gasteiger partial charge on any atom is 0.330 e. The van der Waals surface area contributed by atoms with Crippen LogP contribution >= 0.6 is 0 Å². The molecule has 4 unspecified atom stereocenters. The van der Waals surface area contributed by atoms with E-state index in [9.17, 15) is 45.6 Å². The summed E-state index contributed by atoms with van der Waals surface area (Å²) in [5.41, 5.74) is 0.514. The number of rotatable bonds is 12. The molecule has 1 heterocycles. The van der Waals surface area contributed by atoms with Gasteiger partial charge in [-0.05, 0) is 23.8 Å². The second-order valence-corrected chi connectivity index (χ2v) is 8.04. The molecule has 0 saturated carbocycles. The second-order valence-electron chi connectivity index (χ2n) is 8.04. The molecule has 9 N–H and O–H groups in total. The monoisotopic (exact) mass is 520 g/mol. The first kappa shape index (κ1) is 29.9. The number of esters is 1. The molecule has 36 heavy (non-hydrogen) atoms. The Balaban J connectivity index is 1.92. The van der Waals surface area contributed by atoms with Gasteiger partial charge in [-0.1, -0.05) is 6.07 Å². The first-order chi connectivity index (χ1) is 17.0. The van der Waals surface area contributed by atoms with Crippen LogP contribution in [0.2, 0.25) is 0 Å². The first-order valence-electron chi connectivity index (χ1n) is 10.9. The van der Waals surface area contributed by atoms with Crippen LogP contribution in [0.15, 0.2) is 24.3 Å². The van der Waals surface area contributed by atoms with Gasteiger partial charge >= 0.3 is 5.97 Å². The fraction of sp³-hybridized carbons (Fsp3) is 0.591. The molecule has 2 rings (SSSR count). The molecule has 14 nitrogen and oxygen atoms in total. The van der Waals surface area contributed by atoms with Gasteiger partial charge in [-0.2, -0.15) is 0 Å². The van der Waals surface area contributed by atoms with Crippen LogP contribution in [-0.2, 0) is 19.0 Å². The summed E-state index contributed by atoms with van der Waals surface area (Å²) in [6.07, 6.45) is -13.1. The molecule has 0 radical (unpaired) electrons. The van der Waals surface area contributed by atoms with Gasteiger partial charge in [-0.15, -0.1) is 0 Å². The van der Waals surface area contributed by atoms with Crippen molar-refractivity contribution in [3.8, 4) is 11.5 Å². The standard InChI is InChI=1S/C22H32O14/c1-33-14-6-10(2-4-11(14)24)3-5-16(27)34-9-15-19(30)20(31)21(32)22(36-15)35-8-13(26)18(29)17(28)12(25)7-23/h2-6,12-13,15,17-26,28-32H,7-9H2,1H3/b5-3+/t12?,13?,15-,17?,18?,19-,20+,21-,22-/m1/s1. The summed E-state index contributed by atoms with van der Waals surface area (Å²) in [7, 11) is 1.36. The normalized spacial score (nSPS) is 27.9. The van der Waals surface area contributed by atoms with E-state index in [0.717, 1.165) is 6.08 Å². The van der Waals surface area contributed by atoms with E-state index >= 15 is 0 Å². The average molecular weight is 520 g/mol. The molecule has 1 aromatic rings. The maximum atomic E-state index is 12.1. The molecule has 0 aliphatic carbocycles. The predicted molar refractivity (Wildman–Crippen MR) is 118 cm³/mol. The molecule has 0 amide bonds. The Morgan fingerprint density at radius 2 is 1.72 bits per heavy atom. The topological polar surface area (TPSA) is 236 Å². The third-order valence-corrected chi connectivity index (χ3v) is 5.43. The number of phenols is 1. The van der Waals surface area contributed by atoms with Gasteiger partial charge in [0.25, 0.3) is 0 Å². The number of phenolic OH excluding ortho intramolecular Hbond substituents is 1. The summed E-state index contributed by atoms with van der Waals surface area (Å²) < 4.78 is 20.4. The van der Waals surface area contributed by atoms with E-state index in [2.05, 4.69) is 0 Å². The molecule has 9 atom stereocenters. The number of hydrogen-bond acceptors (Lipinski definition) is 14. The van der Waals surface area contributed by atoms with Gasteiger partial charge in [-0.3, -0.25) is 0 Å². The Labute approximate surface area is 205 Å². The maximum absolute atomic E-state index is 12.1. The van der Waals surface area contributed by atoms with Gasteiger partial charge in [0.05, 0.1) is 20.3 Å². The SMILES string of the molecule is COc1cc(/C=C/C(=O)OC[C@H]2O[C@@H](OCC(O)C(O)C(O)C(O)CO)[C@H](O)[C@@H](O)[C@@H]2O)ccc1O. The highest BCUT2D eigenvalue weighted by Gasteiger charge is 2.45. The van der Waals surface area contributed by atoms with E-state index in [1.54, 1.807) is 0 Å². The van der Waals surface area contributed by atoms with Gasteiger partial charge < -0.3 is 64.9 Å². The molecule has 0 spiro atoms. The number of aliphatic hydroxyl groups excluding tert-OH is 8. The van der Waals surface area contributed by atoms with Crippen molar-refractivity contribution in [2.24, 2.45) is 0 Å². The van der Waals surface area contributed by atoms with Crippen LogP contribution in [0.5, 0.6) is 11.5 Å². The van der Waals surface area contributed by atoms with E-state index in [1.165, 1.54) is 31.4 Å². The Kier molecular flexibility index (Phi) is 11.4. The van der Waals surface area contributed by atoms with E-state index in [-0.39, 0.29) is 11.5 Å². The lowest BCUT2D eigenvalue weighted by molar-refractivity contribution is -0.307. The van der Waals surface area contributed by atoms with Gasteiger partial charge in [0, 0.05) is 6.08 Å². The molecule has 0 bridgehead atoms. The smallest absolute Gasteiger partial charge is 0.330 e. The minimum Gasteiger partial charge on any atom is -0.504 e. The lowest BCUT2D eigenvalue weighted by atomic mass is 9.99. The molecule has 1 aromatic carbocycles. The summed E-state index contributed by atoms with van der Waals surface area (Å²) in [6.45, 7) is -2.18. The molecular weight excluding hydrogens is 488 g/mol. The van der Waals surface area contributed by atoms with E-state index in [0.29, 0.717) is 5.56 Å². The summed E-state index contributed by atoms with van der Waals surface area (Å²) in [5.74, 6) is -0.732. The van der Waals surface area contributed by atoms with Crippen molar-refractivity contribution in [3.63, 3.8) is 0 Å². The lowest BCUT2D eigenvalue weighted by Gasteiger charge is -2.40. The quantitative estimate of drug-likeness (QED) is 0.0950. The molecule has 204 valence electrons. The fourth-order valence-corrected chi connectivity index (χ4v) is 3.22. The molecule has 1 aliphatic heterocycles. The van der Waals surface area contributed by atoms with Crippen molar-refractivity contribution >= 4 is 12.0 Å². The number of hydrogen-bond donors (Lipinski definition) is 9. The van der Waals surface area contributed by atoms with Gasteiger partial charge in [-0.25, -0.2) is 4.79 Å².